The Bertz CT molecular complexity index is 441. The van der Waals surface area contributed by atoms with Crippen molar-refractivity contribution in [3.63, 3.8) is 0 Å². The zero-order valence-corrected chi connectivity index (χ0v) is 10.7. The number of ether oxygens (including phenoxy) is 2. The first-order valence-electron chi connectivity index (χ1n) is 6.12. The number of cyclic esters (lactones) is 1. The molecule has 2 rings (SSSR count). The van der Waals surface area contributed by atoms with E-state index in [0.717, 1.165) is 12.0 Å². The van der Waals surface area contributed by atoms with Gasteiger partial charge in [0.15, 0.2) is 11.5 Å². The van der Waals surface area contributed by atoms with Gasteiger partial charge in [-0.15, -0.1) is 0 Å². The van der Waals surface area contributed by atoms with Gasteiger partial charge in [0.2, 0.25) is 0 Å². The molecular formula is C14H18O4. The summed E-state index contributed by atoms with van der Waals surface area (Å²) in [6.07, 6.45) is 1.47. The molecule has 0 aromatic heterocycles. The van der Waals surface area contributed by atoms with Crippen molar-refractivity contribution in [3.8, 4) is 11.5 Å². The van der Waals surface area contributed by atoms with E-state index in [1.807, 2.05) is 6.07 Å². The molecule has 1 saturated heterocycles. The highest BCUT2D eigenvalue weighted by Gasteiger charge is 2.28. The quantitative estimate of drug-likeness (QED) is 0.835. The third kappa shape index (κ3) is 2.75. The van der Waals surface area contributed by atoms with Gasteiger partial charge < -0.3 is 14.6 Å². The number of hydrogen-bond donors (Lipinski definition) is 1. The van der Waals surface area contributed by atoms with Crippen molar-refractivity contribution in [1.29, 1.82) is 0 Å². The highest BCUT2D eigenvalue weighted by molar-refractivity contribution is 5.73. The Labute approximate surface area is 107 Å². The summed E-state index contributed by atoms with van der Waals surface area (Å²) in [5.41, 5.74) is 0.973. The van der Waals surface area contributed by atoms with Gasteiger partial charge in [-0.2, -0.15) is 0 Å². The number of phenolic OH excluding ortho intramolecular Hbond substituents is 1. The van der Waals surface area contributed by atoms with Crippen molar-refractivity contribution in [3.05, 3.63) is 23.8 Å². The second-order valence-electron chi connectivity index (χ2n) is 4.88. The van der Waals surface area contributed by atoms with Crippen LogP contribution in [-0.2, 0) is 16.0 Å². The lowest BCUT2D eigenvalue weighted by molar-refractivity contribution is -0.155. The Morgan fingerprint density at radius 1 is 1.50 bits per heavy atom. The topological polar surface area (TPSA) is 55.8 Å². The minimum absolute atomic E-state index is 0.0944. The van der Waals surface area contributed by atoms with E-state index in [4.69, 9.17) is 9.47 Å². The maximum atomic E-state index is 11.7. The molecule has 0 radical (unpaired) electrons. The van der Waals surface area contributed by atoms with E-state index in [1.54, 1.807) is 12.1 Å². The molecule has 4 heteroatoms. The third-order valence-corrected chi connectivity index (χ3v) is 3.26. The fourth-order valence-electron chi connectivity index (χ4n) is 2.29. The molecule has 0 saturated carbocycles. The van der Waals surface area contributed by atoms with Gasteiger partial charge in [0.1, 0.15) is 0 Å². The van der Waals surface area contributed by atoms with E-state index >= 15 is 0 Å². The fourth-order valence-corrected chi connectivity index (χ4v) is 2.29. The number of esters is 1. The van der Waals surface area contributed by atoms with Crippen LogP contribution in [0.25, 0.3) is 0 Å². The smallest absolute Gasteiger partial charge is 0.309 e. The Balaban J connectivity index is 2.10. The van der Waals surface area contributed by atoms with E-state index in [9.17, 15) is 9.90 Å². The first-order valence-corrected chi connectivity index (χ1v) is 6.12. The second-order valence-corrected chi connectivity index (χ2v) is 4.88. The summed E-state index contributed by atoms with van der Waals surface area (Å²) in [5, 5.41) is 9.52. The lowest BCUT2D eigenvalue weighted by Gasteiger charge is -2.25. The molecule has 0 unspecified atom stereocenters. The zero-order valence-electron chi connectivity index (χ0n) is 10.7. The largest absolute Gasteiger partial charge is 0.504 e. The molecule has 1 heterocycles. The fraction of sp³-hybridized carbons (Fsp3) is 0.500. The predicted molar refractivity (Wildman–Crippen MR) is 66.6 cm³/mol. The summed E-state index contributed by atoms with van der Waals surface area (Å²) in [7, 11) is 1.51. The minimum atomic E-state index is -0.125. The van der Waals surface area contributed by atoms with E-state index < -0.39 is 0 Å². The van der Waals surface area contributed by atoms with Gasteiger partial charge in [0.25, 0.3) is 0 Å². The summed E-state index contributed by atoms with van der Waals surface area (Å²) in [6, 6.07) is 5.16. The van der Waals surface area contributed by atoms with E-state index in [2.05, 4.69) is 6.92 Å². The molecule has 0 spiro atoms. The van der Waals surface area contributed by atoms with Gasteiger partial charge in [-0.05, 0) is 36.5 Å². The van der Waals surface area contributed by atoms with Crippen molar-refractivity contribution in [2.75, 3.05) is 13.7 Å². The molecule has 4 nitrogen and oxygen atoms in total. The van der Waals surface area contributed by atoms with Crippen LogP contribution in [0.15, 0.2) is 18.2 Å². The lowest BCUT2D eigenvalue weighted by Crippen LogP contribution is -2.30. The van der Waals surface area contributed by atoms with Gasteiger partial charge in [-0.3, -0.25) is 4.79 Å². The SMILES string of the molecule is COc1cc(C[C@H]2C[C@@H](C)COC2=O)ccc1O. The molecule has 1 fully saturated rings. The molecule has 0 amide bonds. The van der Waals surface area contributed by atoms with Crippen molar-refractivity contribution in [1.82, 2.24) is 0 Å². The van der Waals surface area contributed by atoms with Crippen LogP contribution in [0.1, 0.15) is 18.9 Å². The van der Waals surface area contributed by atoms with Gasteiger partial charge in [0, 0.05) is 0 Å². The Kier molecular flexibility index (Phi) is 3.75. The average Bonchev–Trinajstić information content (AvgIpc) is 2.36. The number of hydrogen-bond acceptors (Lipinski definition) is 4. The third-order valence-electron chi connectivity index (χ3n) is 3.26. The Hall–Kier alpha value is -1.71. The normalized spacial score (nSPS) is 23.6. The maximum Gasteiger partial charge on any atom is 0.309 e. The summed E-state index contributed by atoms with van der Waals surface area (Å²) in [6.45, 7) is 2.60. The second kappa shape index (κ2) is 5.29. The van der Waals surface area contributed by atoms with E-state index in [0.29, 0.717) is 24.7 Å². The minimum Gasteiger partial charge on any atom is -0.504 e. The number of carbonyl (C=O) groups excluding carboxylic acids is 1. The highest BCUT2D eigenvalue weighted by atomic mass is 16.5. The van der Waals surface area contributed by atoms with Crippen molar-refractivity contribution >= 4 is 5.97 Å². The van der Waals surface area contributed by atoms with Gasteiger partial charge in [-0.25, -0.2) is 0 Å². The van der Waals surface area contributed by atoms with Gasteiger partial charge in [0.05, 0.1) is 19.6 Å². The molecule has 2 atom stereocenters. The van der Waals surface area contributed by atoms with Gasteiger partial charge in [-0.1, -0.05) is 13.0 Å². The molecule has 1 aromatic carbocycles. The maximum absolute atomic E-state index is 11.7. The first kappa shape index (κ1) is 12.7. The lowest BCUT2D eigenvalue weighted by atomic mass is 9.88. The molecule has 0 aliphatic carbocycles. The van der Waals surface area contributed by atoms with Crippen LogP contribution in [0.4, 0.5) is 0 Å². The summed E-state index contributed by atoms with van der Waals surface area (Å²) in [5.74, 6) is 0.736. The molecule has 1 aliphatic heterocycles. The zero-order chi connectivity index (χ0) is 13.1. The molecule has 1 aliphatic rings. The first-order chi connectivity index (χ1) is 8.60. The highest BCUT2D eigenvalue weighted by Crippen LogP contribution is 2.29. The summed E-state index contributed by atoms with van der Waals surface area (Å²) < 4.78 is 10.2. The predicted octanol–water partition coefficient (Wildman–Crippen LogP) is 2.14. The summed E-state index contributed by atoms with van der Waals surface area (Å²) in [4.78, 5) is 11.7. The summed E-state index contributed by atoms with van der Waals surface area (Å²) >= 11 is 0. The number of phenols is 1. The molecule has 18 heavy (non-hydrogen) atoms. The number of aromatic hydroxyl groups is 1. The van der Waals surface area contributed by atoms with Crippen LogP contribution in [0.3, 0.4) is 0 Å². The average molecular weight is 250 g/mol. The molecule has 0 bridgehead atoms. The van der Waals surface area contributed by atoms with Crippen LogP contribution in [0.2, 0.25) is 0 Å². The Morgan fingerprint density at radius 3 is 3.00 bits per heavy atom. The van der Waals surface area contributed by atoms with Crippen LogP contribution >= 0.6 is 0 Å². The van der Waals surface area contributed by atoms with Crippen molar-refractivity contribution < 1.29 is 19.4 Å². The van der Waals surface area contributed by atoms with E-state index in [1.165, 1.54) is 7.11 Å². The number of carbonyl (C=O) groups is 1. The van der Waals surface area contributed by atoms with Crippen LogP contribution < -0.4 is 4.74 Å². The molecule has 98 valence electrons. The van der Waals surface area contributed by atoms with Crippen molar-refractivity contribution in [2.45, 2.75) is 19.8 Å². The number of methoxy groups -OCH3 is 1. The van der Waals surface area contributed by atoms with Crippen LogP contribution in [0.5, 0.6) is 11.5 Å². The van der Waals surface area contributed by atoms with E-state index in [-0.39, 0.29) is 17.6 Å². The standard InChI is InChI=1S/C14H18O4/c1-9-5-11(14(16)18-8-9)6-10-3-4-12(15)13(7-10)17-2/h3-4,7,9,11,15H,5-6,8H2,1-2H3/t9-,11-/m1/s1. The van der Waals surface area contributed by atoms with Crippen molar-refractivity contribution in [2.24, 2.45) is 11.8 Å². The van der Waals surface area contributed by atoms with Crippen LogP contribution in [0, 0.1) is 11.8 Å². The molecular weight excluding hydrogens is 232 g/mol. The van der Waals surface area contributed by atoms with Crippen LogP contribution in [-0.4, -0.2) is 24.8 Å². The monoisotopic (exact) mass is 250 g/mol. The number of rotatable bonds is 3. The molecule has 1 aromatic rings. The number of benzene rings is 1. The molecule has 1 N–H and O–H groups in total. The van der Waals surface area contributed by atoms with Gasteiger partial charge >= 0.3 is 5.97 Å². The Morgan fingerprint density at radius 2 is 2.28 bits per heavy atom.